The van der Waals surface area contributed by atoms with Crippen molar-refractivity contribution in [3.63, 3.8) is 0 Å². The van der Waals surface area contributed by atoms with Crippen molar-refractivity contribution >= 4 is 23.4 Å². The minimum Gasteiger partial charge on any atom is -0.325 e. The van der Waals surface area contributed by atoms with Gasteiger partial charge in [0.1, 0.15) is 5.82 Å². The number of carbonyl (C=O) groups is 1. The van der Waals surface area contributed by atoms with Crippen LogP contribution in [0.4, 0.5) is 5.69 Å². The second-order valence-corrected chi connectivity index (χ2v) is 7.31. The highest BCUT2D eigenvalue weighted by Gasteiger charge is 2.14. The second kappa shape index (κ2) is 7.74. The quantitative estimate of drug-likeness (QED) is 0.687. The van der Waals surface area contributed by atoms with Gasteiger partial charge in [-0.25, -0.2) is 0 Å². The molecule has 0 radical (unpaired) electrons. The predicted molar refractivity (Wildman–Crippen MR) is 106 cm³/mol. The van der Waals surface area contributed by atoms with Crippen molar-refractivity contribution < 1.29 is 4.79 Å². The summed E-state index contributed by atoms with van der Waals surface area (Å²) in [7, 11) is 0. The number of hydrogen-bond donors (Lipinski definition) is 1. The van der Waals surface area contributed by atoms with Crippen LogP contribution in [0.25, 0.3) is 5.69 Å². The summed E-state index contributed by atoms with van der Waals surface area (Å²) < 4.78 is 1.99. The lowest BCUT2D eigenvalue weighted by Gasteiger charge is -2.11. The lowest BCUT2D eigenvalue weighted by Crippen LogP contribution is -2.15. The van der Waals surface area contributed by atoms with Gasteiger partial charge < -0.3 is 5.32 Å². The Bertz CT molecular complexity index is 928. The Morgan fingerprint density at radius 2 is 1.73 bits per heavy atom. The number of benzene rings is 2. The maximum absolute atomic E-state index is 12.3. The Kier molecular flexibility index (Phi) is 5.42. The summed E-state index contributed by atoms with van der Waals surface area (Å²) in [6, 6.07) is 14.1. The molecule has 26 heavy (non-hydrogen) atoms. The van der Waals surface area contributed by atoms with E-state index in [9.17, 15) is 4.79 Å². The Balaban J connectivity index is 1.72. The van der Waals surface area contributed by atoms with E-state index in [4.69, 9.17) is 0 Å². The Morgan fingerprint density at radius 3 is 2.42 bits per heavy atom. The number of nitrogens with one attached hydrogen (secondary N) is 1. The van der Waals surface area contributed by atoms with Crippen LogP contribution in [0.5, 0.6) is 0 Å². The van der Waals surface area contributed by atoms with Crippen LogP contribution in [0.3, 0.4) is 0 Å². The van der Waals surface area contributed by atoms with Crippen LogP contribution in [0.15, 0.2) is 47.6 Å². The standard InChI is InChI=1S/C20H22N4OS/c1-13-9-14(2)11-17(10-13)21-19(25)12-26-20-23-22-16(4)24(20)18-8-6-5-7-15(18)3/h5-11H,12H2,1-4H3,(H,21,25). The summed E-state index contributed by atoms with van der Waals surface area (Å²) in [5.41, 5.74) is 5.25. The van der Waals surface area contributed by atoms with Crippen LogP contribution in [-0.2, 0) is 4.79 Å². The predicted octanol–water partition coefficient (Wildman–Crippen LogP) is 4.23. The van der Waals surface area contributed by atoms with Gasteiger partial charge >= 0.3 is 0 Å². The van der Waals surface area contributed by atoms with Crippen LogP contribution in [0.2, 0.25) is 0 Å². The van der Waals surface area contributed by atoms with Crippen LogP contribution >= 0.6 is 11.8 Å². The van der Waals surface area contributed by atoms with Crippen LogP contribution in [-0.4, -0.2) is 26.4 Å². The van der Waals surface area contributed by atoms with Gasteiger partial charge in [0, 0.05) is 5.69 Å². The van der Waals surface area contributed by atoms with Gasteiger partial charge in [-0.1, -0.05) is 36.0 Å². The number of hydrogen-bond acceptors (Lipinski definition) is 4. The molecule has 0 aliphatic rings. The van der Waals surface area contributed by atoms with E-state index in [0.717, 1.165) is 33.9 Å². The normalized spacial score (nSPS) is 10.8. The van der Waals surface area contributed by atoms with Crippen LogP contribution < -0.4 is 5.32 Å². The SMILES string of the molecule is Cc1cc(C)cc(NC(=O)CSc2nnc(C)n2-c2ccccc2C)c1. The maximum Gasteiger partial charge on any atom is 0.234 e. The lowest BCUT2D eigenvalue weighted by molar-refractivity contribution is -0.113. The molecule has 0 aliphatic heterocycles. The fraction of sp³-hybridized carbons (Fsp3) is 0.250. The Morgan fingerprint density at radius 1 is 1.04 bits per heavy atom. The number of para-hydroxylation sites is 1. The van der Waals surface area contributed by atoms with E-state index >= 15 is 0 Å². The van der Waals surface area contributed by atoms with Gasteiger partial charge in [0.2, 0.25) is 5.91 Å². The lowest BCUT2D eigenvalue weighted by atomic mass is 10.1. The minimum absolute atomic E-state index is 0.0583. The number of aromatic nitrogens is 3. The number of carbonyl (C=O) groups excluding carboxylic acids is 1. The zero-order chi connectivity index (χ0) is 18.7. The number of aryl methyl sites for hydroxylation is 4. The molecule has 0 bridgehead atoms. The highest BCUT2D eigenvalue weighted by atomic mass is 32.2. The Labute approximate surface area is 157 Å². The second-order valence-electron chi connectivity index (χ2n) is 6.36. The third-order valence-corrected chi connectivity index (χ3v) is 4.92. The van der Waals surface area contributed by atoms with Crippen molar-refractivity contribution in [2.75, 3.05) is 11.1 Å². The molecule has 0 atom stereocenters. The van der Waals surface area contributed by atoms with Gasteiger partial charge in [-0.2, -0.15) is 0 Å². The summed E-state index contributed by atoms with van der Waals surface area (Å²) in [5, 5.41) is 12.1. The topological polar surface area (TPSA) is 59.8 Å². The molecule has 3 rings (SSSR count). The largest absolute Gasteiger partial charge is 0.325 e. The molecule has 134 valence electrons. The number of rotatable bonds is 5. The molecule has 1 heterocycles. The van der Waals surface area contributed by atoms with Gasteiger partial charge in [0.25, 0.3) is 0 Å². The maximum atomic E-state index is 12.3. The van der Waals surface area contributed by atoms with E-state index in [1.54, 1.807) is 0 Å². The molecule has 3 aromatic rings. The van der Waals surface area contributed by atoms with Crippen molar-refractivity contribution in [2.45, 2.75) is 32.9 Å². The third-order valence-electron chi connectivity index (χ3n) is 3.99. The molecule has 0 saturated heterocycles. The van der Waals surface area contributed by atoms with E-state index < -0.39 is 0 Å². The van der Waals surface area contributed by atoms with Crippen molar-refractivity contribution in [2.24, 2.45) is 0 Å². The molecule has 0 fully saturated rings. The molecule has 6 heteroatoms. The summed E-state index contributed by atoms with van der Waals surface area (Å²) in [5.74, 6) is 1.02. The van der Waals surface area contributed by atoms with Crippen LogP contribution in [0, 0.1) is 27.7 Å². The first-order valence-electron chi connectivity index (χ1n) is 8.43. The van der Waals surface area contributed by atoms with E-state index in [-0.39, 0.29) is 11.7 Å². The van der Waals surface area contributed by atoms with Gasteiger partial charge in [-0.15, -0.1) is 10.2 Å². The van der Waals surface area contributed by atoms with Crippen LogP contribution in [0.1, 0.15) is 22.5 Å². The fourth-order valence-corrected chi connectivity index (χ4v) is 3.69. The number of anilines is 1. The highest BCUT2D eigenvalue weighted by molar-refractivity contribution is 7.99. The zero-order valence-corrected chi connectivity index (χ0v) is 16.2. The monoisotopic (exact) mass is 366 g/mol. The molecule has 0 spiro atoms. The fourth-order valence-electron chi connectivity index (χ4n) is 2.90. The molecule has 0 unspecified atom stereocenters. The van der Waals surface area contributed by atoms with Crippen molar-refractivity contribution in [1.29, 1.82) is 0 Å². The molecule has 0 saturated carbocycles. The smallest absolute Gasteiger partial charge is 0.234 e. The molecular weight excluding hydrogens is 344 g/mol. The molecule has 2 aromatic carbocycles. The third kappa shape index (κ3) is 4.14. The molecule has 1 aromatic heterocycles. The number of amides is 1. The van der Waals surface area contributed by atoms with Crippen molar-refractivity contribution in [1.82, 2.24) is 14.8 Å². The summed E-state index contributed by atoms with van der Waals surface area (Å²) >= 11 is 1.38. The van der Waals surface area contributed by atoms with Gasteiger partial charge in [-0.3, -0.25) is 9.36 Å². The number of thioether (sulfide) groups is 1. The first kappa shape index (κ1) is 18.2. The summed E-state index contributed by atoms with van der Waals surface area (Å²) in [4.78, 5) is 12.3. The minimum atomic E-state index is -0.0583. The average Bonchev–Trinajstić information content (AvgIpc) is 2.93. The van der Waals surface area contributed by atoms with Gasteiger partial charge in [0.05, 0.1) is 11.4 Å². The first-order chi connectivity index (χ1) is 12.4. The van der Waals surface area contributed by atoms with Crippen molar-refractivity contribution in [3.8, 4) is 5.69 Å². The molecular formula is C20H22N4OS. The highest BCUT2D eigenvalue weighted by Crippen LogP contribution is 2.24. The average molecular weight is 366 g/mol. The summed E-state index contributed by atoms with van der Waals surface area (Å²) in [6.07, 6.45) is 0. The van der Waals surface area contributed by atoms with E-state index in [1.807, 2.05) is 55.7 Å². The molecule has 1 N–H and O–H groups in total. The zero-order valence-electron chi connectivity index (χ0n) is 15.4. The van der Waals surface area contributed by atoms with Gasteiger partial charge in [-0.05, 0) is 62.6 Å². The van der Waals surface area contributed by atoms with Gasteiger partial charge in [0.15, 0.2) is 5.16 Å². The van der Waals surface area contributed by atoms with E-state index in [0.29, 0.717) is 5.16 Å². The molecule has 0 aliphatic carbocycles. The number of nitrogens with zero attached hydrogens (tertiary/aromatic N) is 3. The van der Waals surface area contributed by atoms with E-state index in [2.05, 4.69) is 34.6 Å². The van der Waals surface area contributed by atoms with E-state index in [1.165, 1.54) is 11.8 Å². The first-order valence-corrected chi connectivity index (χ1v) is 9.41. The van der Waals surface area contributed by atoms with Crippen molar-refractivity contribution in [3.05, 3.63) is 65.0 Å². The Hall–Kier alpha value is -2.60. The molecule has 1 amide bonds. The molecule has 5 nitrogen and oxygen atoms in total. The summed E-state index contributed by atoms with van der Waals surface area (Å²) in [6.45, 7) is 8.00.